The van der Waals surface area contributed by atoms with Gasteiger partial charge in [-0.1, -0.05) is 0 Å². The van der Waals surface area contributed by atoms with E-state index in [1.165, 1.54) is 0 Å². The van der Waals surface area contributed by atoms with Gasteiger partial charge in [0.2, 0.25) is 0 Å². The molecule has 0 aromatic heterocycles. The van der Waals surface area contributed by atoms with Crippen LogP contribution in [0.5, 0.6) is 0 Å². The zero-order chi connectivity index (χ0) is 7.72. The van der Waals surface area contributed by atoms with Gasteiger partial charge in [-0.3, -0.25) is 10.6 Å². The average molecular weight is 146 g/mol. The molecule has 4 atom stereocenters. The topological polar surface area (TPSA) is 128 Å². The van der Waals surface area contributed by atoms with Crippen LogP contribution in [-0.4, -0.2) is 24.7 Å². The van der Waals surface area contributed by atoms with Crippen LogP contribution >= 0.6 is 0 Å². The van der Waals surface area contributed by atoms with E-state index in [0.717, 1.165) is 0 Å². The highest BCUT2D eigenvalue weighted by molar-refractivity contribution is 4.87. The number of hydrogen-bond donors (Lipinski definition) is 6. The lowest BCUT2D eigenvalue weighted by Gasteiger charge is -2.36. The molecule has 10 N–H and O–H groups in total. The number of piperazine rings is 1. The molecule has 0 saturated carbocycles. The Balaban J connectivity index is 2.46. The third-order valence-corrected chi connectivity index (χ3v) is 1.54. The van der Waals surface area contributed by atoms with Crippen molar-refractivity contribution in [3.8, 4) is 0 Å². The van der Waals surface area contributed by atoms with Gasteiger partial charge in [-0.05, 0) is 0 Å². The van der Waals surface area contributed by atoms with E-state index in [-0.39, 0.29) is 24.7 Å². The second kappa shape index (κ2) is 2.79. The Morgan fingerprint density at radius 2 is 0.800 bits per heavy atom. The molecule has 1 aliphatic heterocycles. The number of hydrogen-bond acceptors (Lipinski definition) is 6. The molecule has 60 valence electrons. The Morgan fingerprint density at radius 1 is 0.600 bits per heavy atom. The van der Waals surface area contributed by atoms with E-state index in [4.69, 9.17) is 22.9 Å². The highest BCUT2D eigenvalue weighted by Gasteiger charge is 2.27. The maximum Gasteiger partial charge on any atom is 0.0852 e. The summed E-state index contributed by atoms with van der Waals surface area (Å²) in [6.07, 6.45) is -1.30. The summed E-state index contributed by atoms with van der Waals surface area (Å²) in [6.45, 7) is 0. The van der Waals surface area contributed by atoms with Crippen molar-refractivity contribution >= 4 is 0 Å². The van der Waals surface area contributed by atoms with Crippen molar-refractivity contribution in [1.29, 1.82) is 0 Å². The van der Waals surface area contributed by atoms with Crippen LogP contribution in [0.25, 0.3) is 0 Å². The van der Waals surface area contributed by atoms with Gasteiger partial charge >= 0.3 is 0 Å². The van der Waals surface area contributed by atoms with Crippen LogP contribution in [0.4, 0.5) is 0 Å². The molecule has 0 aromatic rings. The Kier molecular flexibility index (Phi) is 2.19. The fourth-order valence-corrected chi connectivity index (χ4v) is 0.859. The molecule has 4 unspecified atom stereocenters. The van der Waals surface area contributed by atoms with Gasteiger partial charge in [0.25, 0.3) is 0 Å². The number of nitrogens with two attached hydrogens (primary N) is 4. The predicted octanol–water partition coefficient (Wildman–Crippen LogP) is -3.68. The van der Waals surface area contributed by atoms with Crippen molar-refractivity contribution in [1.82, 2.24) is 10.6 Å². The molecule has 0 aliphatic carbocycles. The lowest BCUT2D eigenvalue weighted by molar-refractivity contribution is 0.220. The number of rotatable bonds is 0. The first kappa shape index (κ1) is 7.86. The summed E-state index contributed by atoms with van der Waals surface area (Å²) in [4.78, 5) is 0. The zero-order valence-corrected chi connectivity index (χ0v) is 5.62. The Morgan fingerprint density at radius 3 is 1.00 bits per heavy atom. The van der Waals surface area contributed by atoms with Crippen molar-refractivity contribution < 1.29 is 0 Å². The standard InChI is InChI=1S/C4H14N6/c5-1-2(6)10-4(8)3(7)9-1/h1-4,9-10H,5-8H2. The molecule has 1 heterocycles. The summed E-state index contributed by atoms with van der Waals surface area (Å²) in [5, 5.41) is 5.64. The SMILES string of the molecule is NC1NC(N)C(N)NC1N. The Labute approximate surface area is 59.3 Å². The third-order valence-electron chi connectivity index (χ3n) is 1.54. The first-order valence-corrected chi connectivity index (χ1v) is 3.15. The fourth-order valence-electron chi connectivity index (χ4n) is 0.859. The molecule has 0 radical (unpaired) electrons. The lowest BCUT2D eigenvalue weighted by atomic mass is 10.2. The summed E-state index contributed by atoms with van der Waals surface area (Å²) < 4.78 is 0. The maximum atomic E-state index is 5.50. The monoisotopic (exact) mass is 146 g/mol. The molecule has 0 aromatic carbocycles. The van der Waals surface area contributed by atoms with Gasteiger partial charge in [0.05, 0.1) is 24.7 Å². The molecule has 1 rings (SSSR count). The molecular weight excluding hydrogens is 132 g/mol. The van der Waals surface area contributed by atoms with Crippen molar-refractivity contribution in [3.05, 3.63) is 0 Å². The Hall–Kier alpha value is -0.240. The summed E-state index contributed by atoms with van der Waals surface area (Å²) in [5.74, 6) is 0. The highest BCUT2D eigenvalue weighted by atomic mass is 15.3. The van der Waals surface area contributed by atoms with Crippen molar-refractivity contribution in [2.45, 2.75) is 24.7 Å². The third kappa shape index (κ3) is 1.43. The minimum Gasteiger partial charge on any atom is -0.313 e. The number of nitrogens with one attached hydrogen (secondary N) is 2. The highest BCUT2D eigenvalue weighted by Crippen LogP contribution is 1.91. The van der Waals surface area contributed by atoms with Gasteiger partial charge < -0.3 is 22.9 Å². The zero-order valence-electron chi connectivity index (χ0n) is 5.62. The van der Waals surface area contributed by atoms with E-state index in [2.05, 4.69) is 10.6 Å². The lowest BCUT2D eigenvalue weighted by Crippen LogP contribution is -2.76. The largest absolute Gasteiger partial charge is 0.313 e. The van der Waals surface area contributed by atoms with Gasteiger partial charge in [-0.2, -0.15) is 0 Å². The molecule has 0 bridgehead atoms. The molecule has 0 amide bonds. The van der Waals surface area contributed by atoms with E-state index in [1.807, 2.05) is 0 Å². The van der Waals surface area contributed by atoms with Crippen LogP contribution < -0.4 is 33.6 Å². The Bertz CT molecular complexity index is 90.3. The molecule has 10 heavy (non-hydrogen) atoms. The first-order valence-electron chi connectivity index (χ1n) is 3.15. The molecule has 1 aliphatic rings. The average Bonchev–Trinajstić information content (AvgIpc) is 1.84. The van der Waals surface area contributed by atoms with E-state index in [0.29, 0.717) is 0 Å². The quantitative estimate of drug-likeness (QED) is 0.209. The van der Waals surface area contributed by atoms with Gasteiger partial charge in [0.15, 0.2) is 0 Å². The predicted molar refractivity (Wildman–Crippen MR) is 38.2 cm³/mol. The van der Waals surface area contributed by atoms with Crippen LogP contribution in [0.3, 0.4) is 0 Å². The van der Waals surface area contributed by atoms with Gasteiger partial charge in [0.1, 0.15) is 0 Å². The van der Waals surface area contributed by atoms with Gasteiger partial charge in [-0.15, -0.1) is 0 Å². The molecule has 0 spiro atoms. The molecular formula is C4H14N6. The summed E-state index contributed by atoms with van der Waals surface area (Å²) in [7, 11) is 0. The second-order valence-corrected chi connectivity index (χ2v) is 2.44. The maximum absolute atomic E-state index is 5.50. The normalized spacial score (nSPS) is 49.2. The van der Waals surface area contributed by atoms with E-state index < -0.39 is 0 Å². The molecule has 6 heteroatoms. The molecule has 1 fully saturated rings. The van der Waals surface area contributed by atoms with Crippen molar-refractivity contribution in [2.75, 3.05) is 0 Å². The minimum absolute atomic E-state index is 0.324. The van der Waals surface area contributed by atoms with Crippen LogP contribution in [0.2, 0.25) is 0 Å². The van der Waals surface area contributed by atoms with E-state index >= 15 is 0 Å². The second-order valence-electron chi connectivity index (χ2n) is 2.44. The van der Waals surface area contributed by atoms with E-state index in [1.54, 1.807) is 0 Å². The van der Waals surface area contributed by atoms with Crippen molar-refractivity contribution in [2.24, 2.45) is 22.9 Å². The summed E-state index contributed by atoms with van der Waals surface area (Å²) in [6, 6.07) is 0. The minimum atomic E-state index is -0.324. The molecule has 1 saturated heterocycles. The van der Waals surface area contributed by atoms with Crippen LogP contribution in [0.1, 0.15) is 0 Å². The van der Waals surface area contributed by atoms with Gasteiger partial charge in [0, 0.05) is 0 Å². The van der Waals surface area contributed by atoms with Crippen LogP contribution in [0.15, 0.2) is 0 Å². The smallest absolute Gasteiger partial charge is 0.0852 e. The van der Waals surface area contributed by atoms with Crippen LogP contribution in [0, 0.1) is 0 Å². The van der Waals surface area contributed by atoms with E-state index in [9.17, 15) is 0 Å². The first-order chi connectivity index (χ1) is 4.61. The van der Waals surface area contributed by atoms with Crippen LogP contribution in [-0.2, 0) is 0 Å². The molecule has 6 nitrogen and oxygen atoms in total. The van der Waals surface area contributed by atoms with Crippen molar-refractivity contribution in [3.63, 3.8) is 0 Å². The summed E-state index contributed by atoms with van der Waals surface area (Å²) in [5.41, 5.74) is 22.0. The fraction of sp³-hybridized carbons (Fsp3) is 1.00. The summed E-state index contributed by atoms with van der Waals surface area (Å²) >= 11 is 0. The van der Waals surface area contributed by atoms with Gasteiger partial charge in [-0.25, -0.2) is 0 Å².